The molecule has 6 nitrogen and oxygen atoms in total. The van der Waals surface area contributed by atoms with Crippen LogP contribution in [-0.2, 0) is 20.8 Å². The standard InChI is InChI=1S/C19H26N2O4/c1-5-24-17(22)15-12-21(18(23)25-19(2,3)4)13-16(15)20-11-14-9-7-6-8-10-14/h6-10,20H,5,11-13H2,1-4H3. The van der Waals surface area contributed by atoms with Gasteiger partial charge in [-0.15, -0.1) is 0 Å². The van der Waals surface area contributed by atoms with E-state index in [1.54, 1.807) is 6.92 Å². The van der Waals surface area contributed by atoms with Crippen molar-refractivity contribution in [1.29, 1.82) is 0 Å². The van der Waals surface area contributed by atoms with E-state index >= 15 is 0 Å². The SMILES string of the molecule is CCOC(=O)C1=C(NCc2ccccc2)CN(C(=O)OC(C)(C)C)C1. The minimum absolute atomic E-state index is 0.185. The molecule has 0 fully saturated rings. The number of ether oxygens (including phenoxy) is 2. The van der Waals surface area contributed by atoms with Gasteiger partial charge in [0.25, 0.3) is 0 Å². The number of carbonyl (C=O) groups is 2. The van der Waals surface area contributed by atoms with Gasteiger partial charge in [-0.25, -0.2) is 9.59 Å². The number of hydrogen-bond acceptors (Lipinski definition) is 5. The van der Waals surface area contributed by atoms with Crippen molar-refractivity contribution in [2.75, 3.05) is 19.7 Å². The van der Waals surface area contributed by atoms with Crippen LogP contribution in [0.2, 0.25) is 0 Å². The summed E-state index contributed by atoms with van der Waals surface area (Å²) in [7, 11) is 0. The number of carbonyl (C=O) groups excluding carboxylic acids is 2. The molecule has 2 rings (SSSR count). The topological polar surface area (TPSA) is 67.9 Å². The van der Waals surface area contributed by atoms with Crippen LogP contribution in [0.1, 0.15) is 33.3 Å². The van der Waals surface area contributed by atoms with Crippen LogP contribution >= 0.6 is 0 Å². The summed E-state index contributed by atoms with van der Waals surface area (Å²) in [6.07, 6.45) is -0.439. The van der Waals surface area contributed by atoms with Crippen LogP contribution in [0.3, 0.4) is 0 Å². The predicted molar refractivity (Wildman–Crippen MR) is 94.7 cm³/mol. The van der Waals surface area contributed by atoms with Crippen molar-refractivity contribution in [2.45, 2.75) is 39.8 Å². The molecule has 0 atom stereocenters. The van der Waals surface area contributed by atoms with E-state index in [4.69, 9.17) is 9.47 Å². The second kappa shape index (κ2) is 8.05. The lowest BCUT2D eigenvalue weighted by Crippen LogP contribution is -2.36. The predicted octanol–water partition coefficient (Wildman–Crippen LogP) is 2.84. The molecule has 136 valence electrons. The number of nitrogens with zero attached hydrogens (tertiary/aromatic N) is 1. The summed E-state index contributed by atoms with van der Waals surface area (Å²) in [6, 6.07) is 9.86. The molecule has 1 aliphatic rings. The molecule has 1 aliphatic heterocycles. The number of hydrogen-bond donors (Lipinski definition) is 1. The summed E-state index contributed by atoms with van der Waals surface area (Å²) in [6.45, 7) is 8.55. The highest BCUT2D eigenvalue weighted by molar-refractivity contribution is 5.91. The average Bonchev–Trinajstić information content (AvgIpc) is 2.97. The molecule has 0 saturated carbocycles. The Balaban J connectivity index is 2.08. The van der Waals surface area contributed by atoms with Crippen molar-refractivity contribution in [3.8, 4) is 0 Å². The molecule has 1 aromatic carbocycles. The van der Waals surface area contributed by atoms with Gasteiger partial charge in [0.05, 0.1) is 25.3 Å². The van der Waals surface area contributed by atoms with Crippen LogP contribution in [0.4, 0.5) is 4.79 Å². The average molecular weight is 346 g/mol. The maximum absolute atomic E-state index is 12.3. The molecule has 0 bridgehead atoms. The Labute approximate surface area is 148 Å². The molecule has 0 aliphatic carbocycles. The number of benzene rings is 1. The number of amides is 1. The minimum atomic E-state index is -0.582. The highest BCUT2D eigenvalue weighted by Crippen LogP contribution is 2.20. The highest BCUT2D eigenvalue weighted by Gasteiger charge is 2.33. The zero-order valence-corrected chi connectivity index (χ0v) is 15.3. The Hall–Kier alpha value is -2.50. The van der Waals surface area contributed by atoms with Crippen molar-refractivity contribution < 1.29 is 19.1 Å². The summed E-state index contributed by atoms with van der Waals surface area (Å²) in [5.74, 6) is -0.399. The van der Waals surface area contributed by atoms with Crippen molar-refractivity contribution >= 4 is 12.1 Å². The van der Waals surface area contributed by atoms with Gasteiger partial charge in [-0.3, -0.25) is 4.90 Å². The molecule has 1 amide bonds. The van der Waals surface area contributed by atoms with E-state index in [1.807, 2.05) is 51.1 Å². The summed E-state index contributed by atoms with van der Waals surface area (Å²) in [4.78, 5) is 26.0. The first-order chi connectivity index (χ1) is 11.8. The molecule has 0 aromatic heterocycles. The number of rotatable bonds is 5. The molecular weight excluding hydrogens is 320 g/mol. The number of nitrogens with one attached hydrogen (secondary N) is 1. The van der Waals surface area contributed by atoms with Crippen LogP contribution in [0.5, 0.6) is 0 Å². The summed E-state index contributed by atoms with van der Waals surface area (Å²) >= 11 is 0. The molecule has 6 heteroatoms. The Kier molecular flexibility index (Phi) is 6.07. The lowest BCUT2D eigenvalue weighted by atomic mass is 10.2. The second-order valence-corrected chi connectivity index (χ2v) is 6.85. The van der Waals surface area contributed by atoms with E-state index in [0.29, 0.717) is 31.0 Å². The Morgan fingerprint density at radius 1 is 1.16 bits per heavy atom. The third-order valence-corrected chi connectivity index (χ3v) is 3.58. The maximum atomic E-state index is 12.3. The van der Waals surface area contributed by atoms with E-state index in [-0.39, 0.29) is 6.54 Å². The highest BCUT2D eigenvalue weighted by atomic mass is 16.6. The van der Waals surface area contributed by atoms with Gasteiger partial charge < -0.3 is 14.8 Å². The Morgan fingerprint density at radius 2 is 1.84 bits per heavy atom. The number of esters is 1. The fraction of sp³-hybridized carbons (Fsp3) is 0.474. The molecule has 0 unspecified atom stereocenters. The van der Waals surface area contributed by atoms with E-state index < -0.39 is 17.7 Å². The lowest BCUT2D eigenvalue weighted by Gasteiger charge is -2.24. The van der Waals surface area contributed by atoms with Gasteiger partial charge in [0.1, 0.15) is 5.60 Å². The lowest BCUT2D eigenvalue weighted by molar-refractivity contribution is -0.138. The zero-order valence-electron chi connectivity index (χ0n) is 15.3. The van der Waals surface area contributed by atoms with E-state index in [9.17, 15) is 9.59 Å². The van der Waals surface area contributed by atoms with Crippen molar-refractivity contribution in [3.63, 3.8) is 0 Å². The van der Waals surface area contributed by atoms with Crippen molar-refractivity contribution in [2.24, 2.45) is 0 Å². The summed E-state index contributed by atoms with van der Waals surface area (Å²) in [5, 5.41) is 3.26. The molecule has 0 spiro atoms. The first kappa shape index (κ1) is 18.8. The molecule has 0 saturated heterocycles. The summed E-state index contributed by atoms with van der Waals surface area (Å²) in [5.41, 5.74) is 1.69. The van der Waals surface area contributed by atoms with Crippen LogP contribution in [0.25, 0.3) is 0 Å². The van der Waals surface area contributed by atoms with Gasteiger partial charge >= 0.3 is 12.1 Å². The van der Waals surface area contributed by atoms with Crippen LogP contribution in [0, 0.1) is 0 Å². The molecule has 25 heavy (non-hydrogen) atoms. The van der Waals surface area contributed by atoms with Gasteiger partial charge in [-0.2, -0.15) is 0 Å². The van der Waals surface area contributed by atoms with Crippen LogP contribution in [0.15, 0.2) is 41.6 Å². The van der Waals surface area contributed by atoms with E-state index in [0.717, 1.165) is 5.56 Å². The van der Waals surface area contributed by atoms with Crippen LogP contribution in [-0.4, -0.2) is 42.3 Å². The normalized spacial score (nSPS) is 14.5. The third kappa shape index (κ3) is 5.52. The van der Waals surface area contributed by atoms with Gasteiger partial charge in [-0.1, -0.05) is 30.3 Å². The quantitative estimate of drug-likeness (QED) is 0.831. The van der Waals surface area contributed by atoms with Crippen molar-refractivity contribution in [1.82, 2.24) is 10.2 Å². The van der Waals surface area contributed by atoms with Gasteiger partial charge in [0, 0.05) is 12.2 Å². The Bertz CT molecular complexity index is 647. The first-order valence-electron chi connectivity index (χ1n) is 8.45. The fourth-order valence-electron chi connectivity index (χ4n) is 2.46. The molecule has 1 heterocycles. The maximum Gasteiger partial charge on any atom is 0.410 e. The smallest absolute Gasteiger partial charge is 0.410 e. The zero-order chi connectivity index (χ0) is 18.4. The van der Waals surface area contributed by atoms with Gasteiger partial charge in [0.15, 0.2) is 0 Å². The second-order valence-electron chi connectivity index (χ2n) is 6.85. The molecule has 0 radical (unpaired) electrons. The Morgan fingerprint density at radius 3 is 2.44 bits per heavy atom. The van der Waals surface area contributed by atoms with Crippen molar-refractivity contribution in [3.05, 3.63) is 47.2 Å². The van der Waals surface area contributed by atoms with Crippen LogP contribution < -0.4 is 5.32 Å². The molecule has 1 aromatic rings. The fourth-order valence-corrected chi connectivity index (χ4v) is 2.46. The first-order valence-corrected chi connectivity index (χ1v) is 8.45. The third-order valence-electron chi connectivity index (χ3n) is 3.58. The van der Waals surface area contributed by atoms with Gasteiger partial charge in [0.2, 0.25) is 0 Å². The van der Waals surface area contributed by atoms with E-state index in [1.165, 1.54) is 4.90 Å². The van der Waals surface area contributed by atoms with Gasteiger partial charge in [-0.05, 0) is 33.3 Å². The molecule has 1 N–H and O–H groups in total. The monoisotopic (exact) mass is 346 g/mol. The largest absolute Gasteiger partial charge is 0.463 e. The van der Waals surface area contributed by atoms with E-state index in [2.05, 4.69) is 5.32 Å². The minimum Gasteiger partial charge on any atom is -0.463 e. The molecular formula is C19H26N2O4. The summed E-state index contributed by atoms with van der Waals surface area (Å²) < 4.78 is 10.5.